The molecule has 0 spiro atoms. The molecule has 138 valence electrons. The summed E-state index contributed by atoms with van der Waals surface area (Å²) in [6, 6.07) is 8.38. The number of likely N-dealkylation sites (N-methyl/N-ethyl adjacent to an activating group) is 1. The molecule has 0 amide bonds. The van der Waals surface area contributed by atoms with E-state index in [4.69, 9.17) is 9.47 Å². The number of sulfonamides is 1. The van der Waals surface area contributed by atoms with Crippen LogP contribution >= 0.6 is 0 Å². The van der Waals surface area contributed by atoms with Gasteiger partial charge in [0.1, 0.15) is 12.4 Å². The number of benzene rings is 2. The minimum absolute atomic E-state index is 0.0343. The quantitative estimate of drug-likeness (QED) is 0.626. The molecule has 0 radical (unpaired) electrons. The third kappa shape index (κ3) is 3.36. The van der Waals surface area contributed by atoms with Crippen LogP contribution in [0, 0.1) is 10.1 Å². The SMILES string of the molecule is COc1ccc(NS(=O)(=O)c2ccc3c(c2)N(C)CCO3)cc1[N+](=O)[O-]. The second kappa shape index (κ2) is 6.71. The zero-order chi connectivity index (χ0) is 18.9. The number of nitrogens with one attached hydrogen (secondary N) is 1. The number of fused-ring (bicyclic) bond motifs is 1. The van der Waals surface area contributed by atoms with Crippen LogP contribution in [-0.2, 0) is 10.0 Å². The topological polar surface area (TPSA) is 111 Å². The van der Waals surface area contributed by atoms with Gasteiger partial charge in [0, 0.05) is 13.1 Å². The second-order valence-corrected chi connectivity index (χ2v) is 7.33. The van der Waals surface area contributed by atoms with Gasteiger partial charge in [-0.25, -0.2) is 8.42 Å². The fourth-order valence-corrected chi connectivity index (χ4v) is 3.68. The fourth-order valence-electron chi connectivity index (χ4n) is 2.61. The highest BCUT2D eigenvalue weighted by molar-refractivity contribution is 7.92. The minimum Gasteiger partial charge on any atom is -0.490 e. The van der Waals surface area contributed by atoms with Gasteiger partial charge in [-0.2, -0.15) is 0 Å². The van der Waals surface area contributed by atoms with E-state index in [9.17, 15) is 18.5 Å². The van der Waals surface area contributed by atoms with Crippen molar-refractivity contribution in [3.05, 3.63) is 46.5 Å². The lowest BCUT2D eigenvalue weighted by Gasteiger charge is -2.28. The first-order valence-corrected chi connectivity index (χ1v) is 9.13. The molecule has 26 heavy (non-hydrogen) atoms. The number of methoxy groups -OCH3 is 1. The van der Waals surface area contributed by atoms with Crippen molar-refractivity contribution in [3.8, 4) is 11.5 Å². The van der Waals surface area contributed by atoms with Crippen molar-refractivity contribution >= 4 is 27.1 Å². The van der Waals surface area contributed by atoms with Crippen LogP contribution in [0.15, 0.2) is 41.3 Å². The molecule has 0 unspecified atom stereocenters. The third-order valence-electron chi connectivity index (χ3n) is 3.96. The van der Waals surface area contributed by atoms with Crippen LogP contribution in [0.5, 0.6) is 11.5 Å². The Labute approximate surface area is 150 Å². The van der Waals surface area contributed by atoms with E-state index in [0.717, 1.165) is 6.07 Å². The molecule has 1 aliphatic rings. The van der Waals surface area contributed by atoms with Gasteiger partial charge < -0.3 is 14.4 Å². The lowest BCUT2D eigenvalue weighted by molar-refractivity contribution is -0.385. The summed E-state index contributed by atoms with van der Waals surface area (Å²) in [7, 11) is -0.779. The number of anilines is 2. The molecule has 0 atom stereocenters. The molecule has 0 aromatic heterocycles. The Kier molecular flexibility index (Phi) is 4.60. The first-order chi connectivity index (χ1) is 12.3. The van der Waals surface area contributed by atoms with Crippen LogP contribution < -0.4 is 19.1 Å². The standard InChI is InChI=1S/C16H17N3O6S/c1-18-7-8-25-16-6-4-12(10-13(16)18)26(22,23)17-11-3-5-15(24-2)14(9-11)19(20)21/h3-6,9-10,17H,7-8H2,1-2H3. The average molecular weight is 379 g/mol. The van der Waals surface area contributed by atoms with Gasteiger partial charge in [0.2, 0.25) is 0 Å². The molecule has 0 aliphatic carbocycles. The highest BCUT2D eigenvalue weighted by Gasteiger charge is 2.22. The van der Waals surface area contributed by atoms with Crippen molar-refractivity contribution < 1.29 is 22.8 Å². The van der Waals surface area contributed by atoms with Gasteiger partial charge in [-0.15, -0.1) is 0 Å². The van der Waals surface area contributed by atoms with E-state index in [1.165, 1.54) is 31.4 Å². The van der Waals surface area contributed by atoms with E-state index >= 15 is 0 Å². The molecule has 3 rings (SSSR count). The zero-order valence-corrected chi connectivity index (χ0v) is 14.9. The molecule has 9 nitrogen and oxygen atoms in total. The Morgan fingerprint density at radius 3 is 2.73 bits per heavy atom. The van der Waals surface area contributed by atoms with Gasteiger partial charge >= 0.3 is 5.69 Å². The van der Waals surface area contributed by atoms with Gasteiger partial charge in [0.05, 0.1) is 34.8 Å². The van der Waals surface area contributed by atoms with Crippen molar-refractivity contribution in [3.63, 3.8) is 0 Å². The van der Waals surface area contributed by atoms with E-state index in [0.29, 0.717) is 24.6 Å². The van der Waals surface area contributed by atoms with Crippen molar-refractivity contribution in [2.24, 2.45) is 0 Å². The van der Waals surface area contributed by atoms with Crippen LogP contribution in [0.3, 0.4) is 0 Å². The van der Waals surface area contributed by atoms with Crippen molar-refractivity contribution in [2.45, 2.75) is 4.90 Å². The Morgan fingerprint density at radius 2 is 2.04 bits per heavy atom. The molecule has 2 aromatic rings. The second-order valence-electron chi connectivity index (χ2n) is 5.65. The monoisotopic (exact) mass is 379 g/mol. The first-order valence-electron chi connectivity index (χ1n) is 7.65. The summed E-state index contributed by atoms with van der Waals surface area (Å²) in [6.45, 7) is 1.18. The van der Waals surface area contributed by atoms with Crippen molar-refractivity contribution in [2.75, 3.05) is 36.9 Å². The van der Waals surface area contributed by atoms with Crippen LogP contribution in [-0.4, -0.2) is 40.7 Å². The number of nitro benzene ring substituents is 1. The number of nitro groups is 1. The van der Waals surface area contributed by atoms with Crippen LogP contribution in [0.1, 0.15) is 0 Å². The maximum absolute atomic E-state index is 12.7. The predicted octanol–water partition coefficient (Wildman–Crippen LogP) is 2.23. The highest BCUT2D eigenvalue weighted by Crippen LogP contribution is 2.34. The zero-order valence-electron chi connectivity index (χ0n) is 14.1. The number of hydrogen-bond donors (Lipinski definition) is 1. The molecule has 1 N–H and O–H groups in total. The summed E-state index contributed by atoms with van der Waals surface area (Å²) in [4.78, 5) is 12.4. The Bertz CT molecular complexity index is 960. The Morgan fingerprint density at radius 1 is 1.27 bits per heavy atom. The molecular formula is C16H17N3O6S. The lowest BCUT2D eigenvalue weighted by Crippen LogP contribution is -2.29. The molecule has 0 saturated heterocycles. The molecule has 1 heterocycles. The summed E-state index contributed by atoms with van der Waals surface area (Å²) in [5.74, 6) is 0.656. The summed E-state index contributed by atoms with van der Waals surface area (Å²) >= 11 is 0. The molecule has 0 fully saturated rings. The van der Waals surface area contributed by atoms with E-state index in [1.807, 2.05) is 11.9 Å². The largest absolute Gasteiger partial charge is 0.490 e. The fraction of sp³-hybridized carbons (Fsp3) is 0.250. The van der Waals surface area contributed by atoms with E-state index < -0.39 is 14.9 Å². The molecule has 2 aromatic carbocycles. The predicted molar refractivity (Wildman–Crippen MR) is 95.7 cm³/mol. The smallest absolute Gasteiger partial charge is 0.312 e. The van der Waals surface area contributed by atoms with E-state index in [2.05, 4.69) is 4.72 Å². The maximum Gasteiger partial charge on any atom is 0.312 e. The van der Waals surface area contributed by atoms with Crippen LogP contribution in [0.4, 0.5) is 17.1 Å². The van der Waals surface area contributed by atoms with Gasteiger partial charge in [-0.05, 0) is 30.3 Å². The molecule has 0 saturated carbocycles. The number of nitrogens with zero attached hydrogens (tertiary/aromatic N) is 2. The molecule has 10 heteroatoms. The average Bonchev–Trinajstić information content (AvgIpc) is 2.61. The van der Waals surface area contributed by atoms with Crippen molar-refractivity contribution in [1.82, 2.24) is 0 Å². The summed E-state index contributed by atoms with van der Waals surface area (Å²) in [5.41, 5.74) is 0.408. The third-order valence-corrected chi connectivity index (χ3v) is 5.34. The van der Waals surface area contributed by atoms with E-state index in [1.54, 1.807) is 6.07 Å². The first kappa shape index (κ1) is 17.8. The normalized spacial score (nSPS) is 13.5. The van der Waals surface area contributed by atoms with Gasteiger partial charge in [0.15, 0.2) is 5.75 Å². The Balaban J connectivity index is 1.94. The highest BCUT2D eigenvalue weighted by atomic mass is 32.2. The van der Waals surface area contributed by atoms with Gasteiger partial charge in [0.25, 0.3) is 10.0 Å². The summed E-state index contributed by atoms with van der Waals surface area (Å²) in [6.07, 6.45) is 0. The summed E-state index contributed by atoms with van der Waals surface area (Å²) in [5, 5.41) is 11.1. The molecule has 1 aliphatic heterocycles. The van der Waals surface area contributed by atoms with Crippen molar-refractivity contribution in [1.29, 1.82) is 0 Å². The maximum atomic E-state index is 12.7. The van der Waals surface area contributed by atoms with Crippen LogP contribution in [0.25, 0.3) is 0 Å². The minimum atomic E-state index is -3.93. The van der Waals surface area contributed by atoms with Gasteiger partial charge in [-0.1, -0.05) is 0 Å². The number of ether oxygens (including phenoxy) is 2. The molecular weight excluding hydrogens is 362 g/mol. The summed E-state index contributed by atoms with van der Waals surface area (Å²) < 4.78 is 38.1. The number of hydrogen-bond acceptors (Lipinski definition) is 7. The number of rotatable bonds is 5. The molecule has 0 bridgehead atoms. The Hall–Kier alpha value is -3.01. The van der Waals surface area contributed by atoms with E-state index in [-0.39, 0.29) is 22.0 Å². The van der Waals surface area contributed by atoms with Crippen LogP contribution in [0.2, 0.25) is 0 Å². The lowest BCUT2D eigenvalue weighted by atomic mass is 10.2. The van der Waals surface area contributed by atoms with Gasteiger partial charge in [-0.3, -0.25) is 14.8 Å².